The first kappa shape index (κ1) is 27.4. The summed E-state index contributed by atoms with van der Waals surface area (Å²) in [6.07, 6.45) is 5.40. The molecule has 1 heterocycles. The quantitative estimate of drug-likeness (QED) is 0.338. The van der Waals surface area contributed by atoms with Gasteiger partial charge in [0.25, 0.3) is 0 Å². The maximum absolute atomic E-state index is 11.8. The van der Waals surface area contributed by atoms with Crippen molar-refractivity contribution in [3.05, 3.63) is 75.3 Å². The molecule has 0 saturated carbocycles. The van der Waals surface area contributed by atoms with Gasteiger partial charge in [0.1, 0.15) is 16.8 Å². The molecule has 0 aliphatic heterocycles. The molecule has 0 saturated heterocycles. The maximum Gasteiger partial charge on any atom is 0.122 e. The third kappa shape index (κ3) is 4.96. The van der Waals surface area contributed by atoms with Crippen molar-refractivity contribution in [2.24, 2.45) is 5.41 Å². The summed E-state index contributed by atoms with van der Waals surface area (Å²) in [6, 6.07) is 7.83. The number of benzene rings is 2. The first-order chi connectivity index (χ1) is 16.9. The fourth-order valence-electron chi connectivity index (χ4n) is 5.19. The van der Waals surface area contributed by atoms with Crippen LogP contribution in [0.4, 0.5) is 0 Å². The van der Waals surface area contributed by atoms with Gasteiger partial charge in [-0.05, 0) is 57.1 Å². The summed E-state index contributed by atoms with van der Waals surface area (Å²) in [5.41, 5.74) is 4.32. The minimum Gasteiger partial charge on any atom is -0.507 e. The van der Waals surface area contributed by atoms with Crippen LogP contribution in [0.1, 0.15) is 84.6 Å². The Morgan fingerprint density at radius 1 is 0.946 bits per heavy atom. The van der Waals surface area contributed by atoms with Gasteiger partial charge in [0.2, 0.25) is 0 Å². The molecule has 6 heteroatoms. The molecule has 198 valence electrons. The molecule has 2 atom stereocenters. The highest BCUT2D eigenvalue weighted by atomic mass is 35.5. The van der Waals surface area contributed by atoms with Crippen molar-refractivity contribution < 1.29 is 10.2 Å². The lowest BCUT2D eigenvalue weighted by molar-refractivity contribution is 0.146. The van der Waals surface area contributed by atoms with E-state index in [1.807, 2.05) is 24.3 Å². The van der Waals surface area contributed by atoms with Crippen LogP contribution in [0.15, 0.2) is 48.1 Å². The summed E-state index contributed by atoms with van der Waals surface area (Å²) in [4.78, 5) is 0. The van der Waals surface area contributed by atoms with E-state index in [4.69, 9.17) is 11.6 Å². The SMILES string of the molecule is CC(C)(C)C1=CC(Cc2cc(C(C)(C)C)cc(C(C)(C)C)c2O)(c2c(Cl)ccc3n[nH]nc23)C(O)C=C1. The number of hydrogen-bond donors (Lipinski definition) is 3. The molecule has 3 aromatic rings. The van der Waals surface area contributed by atoms with Crippen LogP contribution in [0, 0.1) is 5.41 Å². The number of halogens is 1. The Morgan fingerprint density at radius 3 is 2.22 bits per heavy atom. The number of aliphatic hydroxyl groups excluding tert-OH is 1. The molecule has 0 fully saturated rings. The van der Waals surface area contributed by atoms with Crippen LogP contribution >= 0.6 is 11.6 Å². The Hall–Kier alpha value is -2.63. The molecular formula is C31H40ClN3O2. The number of allylic oxidation sites excluding steroid dienone is 2. The van der Waals surface area contributed by atoms with Crippen LogP contribution in [0.3, 0.4) is 0 Å². The molecule has 1 aromatic heterocycles. The summed E-state index contributed by atoms with van der Waals surface area (Å²) in [5, 5.41) is 35.4. The van der Waals surface area contributed by atoms with Gasteiger partial charge >= 0.3 is 0 Å². The lowest BCUT2D eigenvalue weighted by Gasteiger charge is -2.41. The number of rotatable bonds is 3. The lowest BCUT2D eigenvalue weighted by atomic mass is 9.64. The predicted octanol–water partition coefficient (Wildman–Crippen LogP) is 7.30. The van der Waals surface area contributed by atoms with E-state index < -0.39 is 11.5 Å². The van der Waals surface area contributed by atoms with Gasteiger partial charge in [-0.15, -0.1) is 0 Å². The number of nitrogens with zero attached hydrogens (tertiary/aromatic N) is 2. The molecule has 5 nitrogen and oxygen atoms in total. The molecule has 0 spiro atoms. The predicted molar refractivity (Wildman–Crippen MR) is 152 cm³/mol. The summed E-state index contributed by atoms with van der Waals surface area (Å²) in [5.74, 6) is 0.260. The molecule has 37 heavy (non-hydrogen) atoms. The van der Waals surface area contributed by atoms with E-state index in [1.165, 1.54) is 0 Å². The number of aromatic nitrogens is 3. The molecule has 2 aromatic carbocycles. The second-order valence-corrected chi connectivity index (χ2v) is 13.9. The Bertz CT molecular complexity index is 1400. The highest BCUT2D eigenvalue weighted by Crippen LogP contribution is 2.48. The minimum absolute atomic E-state index is 0.128. The first-order valence-corrected chi connectivity index (χ1v) is 13.3. The number of phenolic OH excluding ortho intramolecular Hbond substituents is 1. The molecule has 1 aliphatic carbocycles. The van der Waals surface area contributed by atoms with Crippen LogP contribution in [0.5, 0.6) is 5.75 Å². The number of nitrogens with one attached hydrogen (secondary N) is 1. The number of hydrogen-bond acceptors (Lipinski definition) is 4. The van der Waals surface area contributed by atoms with Gasteiger partial charge in [-0.3, -0.25) is 0 Å². The zero-order valence-electron chi connectivity index (χ0n) is 23.5. The van der Waals surface area contributed by atoms with Gasteiger partial charge in [-0.2, -0.15) is 15.4 Å². The smallest absolute Gasteiger partial charge is 0.122 e. The minimum atomic E-state index is -0.978. The van der Waals surface area contributed by atoms with Crippen molar-refractivity contribution in [2.75, 3.05) is 0 Å². The summed E-state index contributed by atoms with van der Waals surface area (Å²) >= 11 is 6.92. The van der Waals surface area contributed by atoms with E-state index in [0.717, 1.165) is 22.3 Å². The van der Waals surface area contributed by atoms with E-state index in [1.54, 1.807) is 0 Å². The van der Waals surface area contributed by atoms with E-state index in [2.05, 4.69) is 95.9 Å². The molecule has 1 aliphatic rings. The number of fused-ring (bicyclic) bond motifs is 1. The van der Waals surface area contributed by atoms with Crippen molar-refractivity contribution in [3.8, 4) is 5.75 Å². The average molecular weight is 522 g/mol. The van der Waals surface area contributed by atoms with E-state index in [-0.39, 0.29) is 22.0 Å². The Morgan fingerprint density at radius 2 is 1.62 bits per heavy atom. The molecule has 3 N–H and O–H groups in total. The number of aromatic hydroxyl groups is 1. The molecule has 0 amide bonds. The van der Waals surface area contributed by atoms with E-state index in [9.17, 15) is 10.2 Å². The molecular weight excluding hydrogens is 482 g/mol. The highest BCUT2D eigenvalue weighted by Gasteiger charge is 2.44. The average Bonchev–Trinajstić information content (AvgIpc) is 3.22. The molecule has 4 rings (SSSR count). The highest BCUT2D eigenvalue weighted by molar-refractivity contribution is 6.32. The Labute approximate surface area is 225 Å². The normalized spacial score (nSPS) is 20.9. The number of aromatic amines is 1. The summed E-state index contributed by atoms with van der Waals surface area (Å²) in [6.45, 7) is 19.3. The first-order valence-electron chi connectivity index (χ1n) is 12.9. The van der Waals surface area contributed by atoms with Crippen LogP contribution in [0.25, 0.3) is 11.0 Å². The topological polar surface area (TPSA) is 82.0 Å². The van der Waals surface area contributed by atoms with Crippen molar-refractivity contribution >= 4 is 22.6 Å². The fourth-order valence-corrected chi connectivity index (χ4v) is 5.52. The van der Waals surface area contributed by atoms with E-state index >= 15 is 0 Å². The van der Waals surface area contributed by atoms with Crippen LogP contribution in [0.2, 0.25) is 5.02 Å². The monoisotopic (exact) mass is 521 g/mol. The van der Waals surface area contributed by atoms with Crippen molar-refractivity contribution in [3.63, 3.8) is 0 Å². The van der Waals surface area contributed by atoms with Crippen LogP contribution in [-0.2, 0) is 22.7 Å². The number of phenols is 1. The fraction of sp³-hybridized carbons (Fsp3) is 0.484. The Balaban J connectivity index is 2.08. The second-order valence-electron chi connectivity index (χ2n) is 13.5. The van der Waals surface area contributed by atoms with Gasteiger partial charge in [0, 0.05) is 10.6 Å². The second kappa shape index (κ2) is 8.99. The van der Waals surface area contributed by atoms with Gasteiger partial charge in [0.15, 0.2) is 0 Å². The van der Waals surface area contributed by atoms with Crippen LogP contribution < -0.4 is 0 Å². The standard InChI is InChI=1S/C31H40ClN3O2/c1-28(2,3)19-10-13-24(36)31(17-19,25-22(32)11-12-23-26(25)34-35-33-23)16-18-14-20(29(4,5)6)15-21(27(18)37)30(7,8)9/h10-15,17,24,36-37H,16H2,1-9H3,(H,33,34,35). The largest absolute Gasteiger partial charge is 0.507 e. The van der Waals surface area contributed by atoms with Gasteiger partial charge in [-0.1, -0.05) is 104 Å². The maximum atomic E-state index is 11.8. The third-order valence-electron chi connectivity index (χ3n) is 7.51. The van der Waals surface area contributed by atoms with Crippen molar-refractivity contribution in [1.29, 1.82) is 0 Å². The zero-order chi connectivity index (χ0) is 27.6. The van der Waals surface area contributed by atoms with Gasteiger partial charge < -0.3 is 10.2 Å². The third-order valence-corrected chi connectivity index (χ3v) is 7.83. The van der Waals surface area contributed by atoms with E-state index in [0.29, 0.717) is 28.0 Å². The summed E-state index contributed by atoms with van der Waals surface area (Å²) in [7, 11) is 0. The van der Waals surface area contributed by atoms with Gasteiger partial charge in [-0.25, -0.2) is 0 Å². The molecule has 2 unspecified atom stereocenters. The summed E-state index contributed by atoms with van der Waals surface area (Å²) < 4.78 is 0. The molecule has 0 radical (unpaired) electrons. The Kier molecular flexibility index (Phi) is 6.66. The van der Waals surface area contributed by atoms with Gasteiger partial charge in [0.05, 0.1) is 11.5 Å². The lowest BCUT2D eigenvalue weighted by Crippen LogP contribution is -2.42. The molecule has 0 bridgehead atoms. The van der Waals surface area contributed by atoms with Crippen molar-refractivity contribution in [2.45, 2.75) is 91.1 Å². The van der Waals surface area contributed by atoms with Crippen molar-refractivity contribution in [1.82, 2.24) is 15.4 Å². The van der Waals surface area contributed by atoms with Crippen LogP contribution in [-0.4, -0.2) is 31.7 Å². The number of H-pyrrole nitrogens is 1. The number of aliphatic hydroxyl groups is 1. The zero-order valence-corrected chi connectivity index (χ0v) is 24.2.